The van der Waals surface area contributed by atoms with Crippen molar-refractivity contribution in [2.75, 3.05) is 125 Å². The lowest BCUT2D eigenvalue weighted by Gasteiger charge is -2.38. The zero-order chi connectivity index (χ0) is 60.7. The number of benzene rings is 2. The van der Waals surface area contributed by atoms with Gasteiger partial charge in [-0.15, -0.1) is 0 Å². The Hall–Kier alpha value is -6.63. The number of aryl methyl sites for hydroxylation is 2. The average molecular weight is 1200 g/mol. The first kappa shape index (κ1) is 62.9. The molecule has 0 unspecified atom stereocenters. The average Bonchev–Trinajstić information content (AvgIpc) is 2.66. The van der Waals surface area contributed by atoms with Crippen molar-refractivity contribution in [1.29, 1.82) is 0 Å². The molecule has 0 bridgehead atoms. The molecule has 6 aliphatic rings. The zero-order valence-electron chi connectivity index (χ0n) is 49.6. The number of pyridine rings is 2. The Balaban J connectivity index is 0.000000205. The van der Waals surface area contributed by atoms with Crippen LogP contribution in [-0.2, 0) is 53.9 Å². The number of ether oxygens (including phenoxy) is 5. The molecule has 4 aromatic rings. The molecule has 85 heavy (non-hydrogen) atoms. The summed E-state index contributed by atoms with van der Waals surface area (Å²) in [4.78, 5) is 62.4. The number of carbonyl (C=O) groups is 3. The molecule has 6 aliphatic heterocycles. The summed E-state index contributed by atoms with van der Waals surface area (Å²) in [5.41, 5.74) is 3.71. The quantitative estimate of drug-likeness (QED) is 0.0642. The van der Waals surface area contributed by atoms with Crippen molar-refractivity contribution in [2.45, 2.75) is 129 Å². The van der Waals surface area contributed by atoms with E-state index in [0.29, 0.717) is 81.4 Å². The highest BCUT2D eigenvalue weighted by molar-refractivity contribution is 5.73. The molecule has 0 spiro atoms. The summed E-state index contributed by atoms with van der Waals surface area (Å²) in [7, 11) is 1.38. The molecule has 2 aromatic carbocycles. The van der Waals surface area contributed by atoms with E-state index in [4.69, 9.17) is 33.7 Å². The van der Waals surface area contributed by atoms with E-state index in [1.165, 1.54) is 7.11 Å². The second-order valence-electron chi connectivity index (χ2n) is 22.8. The van der Waals surface area contributed by atoms with Crippen molar-refractivity contribution in [3.05, 3.63) is 105 Å². The van der Waals surface area contributed by atoms with Crippen LogP contribution in [0.3, 0.4) is 0 Å². The van der Waals surface area contributed by atoms with Gasteiger partial charge in [-0.3, -0.25) is 19.5 Å². The lowest BCUT2D eigenvalue weighted by molar-refractivity contribution is -0.142. The van der Waals surface area contributed by atoms with E-state index in [1.807, 2.05) is 24.2 Å². The third-order valence-electron chi connectivity index (χ3n) is 17.1. The third kappa shape index (κ3) is 15.0. The van der Waals surface area contributed by atoms with E-state index < -0.39 is 60.0 Å². The minimum absolute atomic E-state index is 0.187. The smallest absolute Gasteiger partial charge is 0.416 e. The molecule has 2 aromatic heterocycles. The lowest BCUT2D eigenvalue weighted by atomic mass is 9.98. The summed E-state index contributed by atoms with van der Waals surface area (Å²) < 4.78 is 109. The molecule has 464 valence electrons. The summed E-state index contributed by atoms with van der Waals surface area (Å²) in [5, 5.41) is 3.37. The number of esters is 1. The Morgan fingerprint density at radius 2 is 1.04 bits per heavy atom. The van der Waals surface area contributed by atoms with Gasteiger partial charge in [0.25, 0.3) is 0 Å². The van der Waals surface area contributed by atoms with Gasteiger partial charge < -0.3 is 48.6 Å². The van der Waals surface area contributed by atoms with E-state index in [9.17, 15) is 40.7 Å². The van der Waals surface area contributed by atoms with Gasteiger partial charge in [-0.25, -0.2) is 19.6 Å². The van der Waals surface area contributed by atoms with Crippen molar-refractivity contribution < 1.29 is 64.4 Å². The van der Waals surface area contributed by atoms with Crippen LogP contribution in [0.15, 0.2) is 60.9 Å². The highest BCUT2D eigenvalue weighted by Gasteiger charge is 2.44. The highest BCUT2D eigenvalue weighted by atomic mass is 19.4. The summed E-state index contributed by atoms with van der Waals surface area (Å²) in [6, 6.07) is 11.4. The van der Waals surface area contributed by atoms with Crippen molar-refractivity contribution in [1.82, 2.24) is 30.0 Å². The number of piperazine rings is 2. The predicted molar refractivity (Wildman–Crippen MR) is 309 cm³/mol. The van der Waals surface area contributed by atoms with Crippen LogP contribution < -0.4 is 24.9 Å². The fourth-order valence-corrected chi connectivity index (χ4v) is 12.5. The Bertz CT molecular complexity index is 2950. The summed E-state index contributed by atoms with van der Waals surface area (Å²) >= 11 is 0. The Morgan fingerprint density at radius 1 is 0.624 bits per heavy atom. The molecular weight excluding hydrogens is 1110 g/mol. The number of alkyl halides is 6. The molecule has 24 heteroatoms. The standard InChI is InChI=1S/C32H42F3N5O5.C29H38F3N5O3/c1-5-39(26-6-12-44-13-7-26)30-24(17-27(18-36-30)38-10-8-37(9-11-38)20-28(41)43-4)19-40-22(3)29(45-31(40)42)23-14-21(2)15-25(16-23)32(33,34)35;1-4-36(24-5-11-39-12-6-24)27-22(16-25(17-34-27)35-9-7-33-8-10-35)18-37-20(3)26(40-28(37)38)21-13-19(2)14-23(15-21)29(30,31)32/h14-18,22,26,29H,5-13,19-20H2,1-4H3;13-17,20,24,26,33H,4-12,18H2,1-3H3/t22-,29-;20-,26-/m00/s1. The van der Waals surface area contributed by atoms with Gasteiger partial charge in [0.2, 0.25) is 0 Å². The van der Waals surface area contributed by atoms with E-state index in [-0.39, 0.29) is 37.7 Å². The van der Waals surface area contributed by atoms with Gasteiger partial charge in [-0.1, -0.05) is 23.3 Å². The van der Waals surface area contributed by atoms with Gasteiger partial charge in [0.05, 0.1) is 73.7 Å². The number of rotatable bonds is 16. The molecule has 0 radical (unpaired) electrons. The Kier molecular flexibility index (Phi) is 20.3. The van der Waals surface area contributed by atoms with Crippen LogP contribution in [0.2, 0.25) is 0 Å². The largest absolute Gasteiger partial charge is 0.468 e. The Labute approximate surface area is 493 Å². The van der Waals surface area contributed by atoms with Crippen molar-refractivity contribution in [2.24, 2.45) is 0 Å². The molecule has 10 rings (SSSR count). The maximum Gasteiger partial charge on any atom is 0.416 e. The number of carbonyl (C=O) groups excluding carboxylic acids is 3. The number of halogens is 6. The topological polar surface area (TPSA) is 158 Å². The van der Waals surface area contributed by atoms with E-state index in [0.717, 1.165) is 117 Å². The first-order valence-corrected chi connectivity index (χ1v) is 29.6. The van der Waals surface area contributed by atoms with Crippen molar-refractivity contribution in [3.8, 4) is 0 Å². The van der Waals surface area contributed by atoms with Crippen LogP contribution >= 0.6 is 0 Å². The molecule has 0 saturated carbocycles. The minimum Gasteiger partial charge on any atom is -0.468 e. The second kappa shape index (κ2) is 27.4. The van der Waals surface area contributed by atoms with Crippen LogP contribution in [-0.4, -0.2) is 173 Å². The maximum atomic E-state index is 13.6. The van der Waals surface area contributed by atoms with Crippen LogP contribution in [0, 0.1) is 13.8 Å². The summed E-state index contributed by atoms with van der Waals surface area (Å²) in [5.74, 6) is 1.33. The van der Waals surface area contributed by atoms with Crippen molar-refractivity contribution >= 4 is 41.2 Å². The fraction of sp³-hybridized carbons (Fsp3) is 0.590. The first-order valence-electron chi connectivity index (χ1n) is 29.6. The number of hydrogen-bond acceptors (Lipinski definition) is 16. The molecule has 6 fully saturated rings. The molecule has 4 atom stereocenters. The van der Waals surface area contributed by atoms with E-state index in [1.54, 1.807) is 42.7 Å². The molecule has 0 aliphatic carbocycles. The van der Waals surface area contributed by atoms with Gasteiger partial charge in [0.1, 0.15) is 23.8 Å². The van der Waals surface area contributed by atoms with Crippen LogP contribution in [0.5, 0.6) is 0 Å². The maximum absolute atomic E-state index is 13.6. The third-order valence-corrected chi connectivity index (χ3v) is 17.1. The fourth-order valence-electron chi connectivity index (χ4n) is 12.5. The van der Waals surface area contributed by atoms with Crippen molar-refractivity contribution in [3.63, 3.8) is 0 Å². The molecule has 6 saturated heterocycles. The van der Waals surface area contributed by atoms with Crippen LogP contribution in [0.4, 0.5) is 58.9 Å². The number of anilines is 4. The number of hydrogen-bond donors (Lipinski definition) is 1. The van der Waals surface area contributed by atoms with Gasteiger partial charge in [-0.05, 0) is 115 Å². The number of nitrogens with one attached hydrogen (secondary N) is 1. The number of aromatic nitrogens is 2. The normalized spacial score (nSPS) is 22.0. The van der Waals surface area contributed by atoms with E-state index in [2.05, 4.69) is 50.9 Å². The second-order valence-corrected chi connectivity index (χ2v) is 22.8. The number of cyclic esters (lactones) is 2. The van der Waals surface area contributed by atoms with E-state index >= 15 is 0 Å². The molecule has 1 N–H and O–H groups in total. The summed E-state index contributed by atoms with van der Waals surface area (Å²) in [6.07, 6.45) is -4.49. The zero-order valence-corrected chi connectivity index (χ0v) is 49.6. The molecular formula is C61H80F6N10O8. The van der Waals surface area contributed by atoms with Gasteiger partial charge in [0.15, 0.2) is 0 Å². The SMILES string of the molecule is CCN(c1ncc(N2CCN(CC(=O)OC)CC2)cc1CN1C(=O)O[C@H](c2cc(C)cc(C(F)(F)F)c2)[C@@H]1C)C1CCOCC1.CCN(c1ncc(N2CCNCC2)cc1CN1C(=O)O[C@H](c2cc(C)cc(C(F)(F)F)c2)[C@@H]1C)C1CCOCC1. The molecule has 18 nitrogen and oxygen atoms in total. The highest BCUT2D eigenvalue weighted by Crippen LogP contribution is 2.42. The van der Waals surface area contributed by atoms with Crippen LogP contribution in [0.25, 0.3) is 0 Å². The first-order chi connectivity index (χ1) is 40.6. The Morgan fingerprint density at radius 3 is 1.42 bits per heavy atom. The number of nitrogens with zero attached hydrogens (tertiary/aromatic N) is 9. The van der Waals surface area contributed by atoms with Gasteiger partial charge >= 0.3 is 30.5 Å². The summed E-state index contributed by atoms with van der Waals surface area (Å²) in [6.45, 7) is 22.1. The van der Waals surface area contributed by atoms with Crippen LogP contribution in [0.1, 0.15) is 110 Å². The monoisotopic (exact) mass is 1190 g/mol. The van der Waals surface area contributed by atoms with Gasteiger partial charge in [-0.2, -0.15) is 26.3 Å². The minimum atomic E-state index is -4.51. The van der Waals surface area contributed by atoms with Gasteiger partial charge in [0, 0.05) is 115 Å². The number of amides is 2. The molecule has 2 amide bonds. The number of methoxy groups -OCH3 is 1. The predicted octanol–water partition coefficient (Wildman–Crippen LogP) is 9.70. The molecule has 8 heterocycles. The lowest BCUT2D eigenvalue weighted by Crippen LogP contribution is -2.48.